The Labute approximate surface area is 167 Å². The summed E-state index contributed by atoms with van der Waals surface area (Å²) in [6, 6.07) is 10.8. The van der Waals surface area contributed by atoms with Gasteiger partial charge in [-0.05, 0) is 41.5 Å². The highest BCUT2D eigenvalue weighted by atomic mass is 32.2. The third kappa shape index (κ3) is 4.52. The average molecular weight is 414 g/mol. The largest absolute Gasteiger partial charge is 0.497 e. The van der Waals surface area contributed by atoms with Crippen LogP contribution in [0.3, 0.4) is 0 Å². The fourth-order valence-electron chi connectivity index (χ4n) is 2.73. The molecule has 1 N–H and O–H groups in total. The minimum atomic E-state index is -3.91. The average Bonchev–Trinajstić information content (AvgIpc) is 2.73. The number of carboxylic acid groups (broad SMARTS) is 1. The maximum Gasteiger partial charge on any atom is 0.316 e. The van der Waals surface area contributed by atoms with E-state index in [4.69, 9.17) is 14.6 Å². The minimum absolute atomic E-state index is 0.0452. The maximum absolute atomic E-state index is 13.2. The number of ether oxygens (including phenoxy) is 2. The van der Waals surface area contributed by atoms with E-state index < -0.39 is 15.8 Å². The summed E-state index contributed by atoms with van der Waals surface area (Å²) < 4.78 is 36.4. The fourth-order valence-corrected chi connectivity index (χ4v) is 4.12. The van der Waals surface area contributed by atoms with Crippen molar-refractivity contribution in [3.8, 4) is 22.9 Å². The summed E-state index contributed by atoms with van der Waals surface area (Å²) >= 11 is 0. The Balaban J connectivity index is 2.04. The lowest BCUT2D eigenvalue weighted by atomic mass is 10.1. The number of hydrogen-bond acceptors (Lipinski definition) is 7. The van der Waals surface area contributed by atoms with E-state index >= 15 is 0 Å². The van der Waals surface area contributed by atoms with Gasteiger partial charge in [0.2, 0.25) is 9.84 Å². The van der Waals surface area contributed by atoms with Gasteiger partial charge in [-0.3, -0.25) is 4.79 Å². The Morgan fingerprint density at radius 3 is 2.31 bits per heavy atom. The van der Waals surface area contributed by atoms with Gasteiger partial charge in [0.1, 0.15) is 5.75 Å². The number of aliphatic carboxylic acids is 1. The predicted molar refractivity (Wildman–Crippen MR) is 104 cm³/mol. The number of methoxy groups -OCH3 is 2. The van der Waals surface area contributed by atoms with Gasteiger partial charge in [-0.2, -0.15) is 0 Å². The lowest BCUT2D eigenvalue weighted by Gasteiger charge is -2.10. The molecule has 0 atom stereocenters. The number of sulfone groups is 1. The van der Waals surface area contributed by atoms with Crippen molar-refractivity contribution in [3.05, 3.63) is 60.4 Å². The molecule has 0 aliphatic rings. The lowest BCUT2D eigenvalue weighted by Crippen LogP contribution is -2.06. The number of hydrogen-bond donors (Lipinski definition) is 1. The summed E-state index contributed by atoms with van der Waals surface area (Å²) in [4.78, 5) is 19.1. The van der Waals surface area contributed by atoms with Crippen LogP contribution in [0.15, 0.2) is 64.6 Å². The van der Waals surface area contributed by atoms with Crippen LogP contribution in [0, 0.1) is 0 Å². The monoisotopic (exact) mass is 414 g/mol. The van der Waals surface area contributed by atoms with Gasteiger partial charge in [-0.15, -0.1) is 0 Å². The Kier molecular flexibility index (Phi) is 5.79. The van der Waals surface area contributed by atoms with Crippen molar-refractivity contribution in [3.63, 3.8) is 0 Å². The van der Waals surface area contributed by atoms with Crippen molar-refractivity contribution in [2.24, 2.45) is 0 Å². The van der Waals surface area contributed by atoms with Gasteiger partial charge in [0.05, 0.1) is 30.4 Å². The van der Waals surface area contributed by atoms with Crippen LogP contribution in [0.2, 0.25) is 0 Å². The summed E-state index contributed by atoms with van der Waals surface area (Å²) in [5, 5.41) is 9.03. The van der Waals surface area contributed by atoms with Crippen LogP contribution >= 0.6 is 0 Å². The first kappa shape index (κ1) is 20.3. The molecule has 1 aromatic heterocycles. The summed E-state index contributed by atoms with van der Waals surface area (Å²) in [6.45, 7) is 0. The zero-order valence-electron chi connectivity index (χ0n) is 15.7. The molecule has 0 radical (unpaired) electrons. The molecule has 8 nitrogen and oxygen atoms in total. The number of nitrogens with zero attached hydrogens (tertiary/aromatic N) is 2. The molecule has 0 aliphatic carbocycles. The number of rotatable bonds is 7. The van der Waals surface area contributed by atoms with Crippen LogP contribution in [0.5, 0.6) is 11.8 Å². The number of carbonyl (C=O) groups is 1. The van der Waals surface area contributed by atoms with E-state index in [0.717, 1.165) is 0 Å². The quantitative estimate of drug-likeness (QED) is 0.627. The Morgan fingerprint density at radius 2 is 1.69 bits per heavy atom. The molecule has 150 valence electrons. The van der Waals surface area contributed by atoms with Crippen LogP contribution in [-0.4, -0.2) is 43.7 Å². The van der Waals surface area contributed by atoms with E-state index in [2.05, 4.69) is 9.97 Å². The van der Waals surface area contributed by atoms with Crippen LogP contribution in [0.4, 0.5) is 0 Å². The van der Waals surface area contributed by atoms with E-state index in [9.17, 15) is 13.2 Å². The first-order valence-electron chi connectivity index (χ1n) is 8.45. The minimum Gasteiger partial charge on any atom is -0.497 e. The Hall–Kier alpha value is -3.46. The number of aromatic nitrogens is 2. The Morgan fingerprint density at radius 1 is 0.966 bits per heavy atom. The van der Waals surface area contributed by atoms with Gasteiger partial charge in [0.25, 0.3) is 0 Å². The van der Waals surface area contributed by atoms with E-state index in [1.54, 1.807) is 12.1 Å². The van der Waals surface area contributed by atoms with Gasteiger partial charge in [0, 0.05) is 18.0 Å². The fraction of sp³-hybridized carbons (Fsp3) is 0.150. The summed E-state index contributed by atoms with van der Waals surface area (Å²) in [7, 11) is -1.07. The number of carboxylic acids is 1. The SMILES string of the molecule is COc1cc(CC(=O)O)cc(S(=O)(=O)c2cccc(-c3cnc(OC)nc3)c2)c1. The highest BCUT2D eigenvalue weighted by molar-refractivity contribution is 7.91. The summed E-state index contributed by atoms with van der Waals surface area (Å²) in [6.07, 6.45) is 2.76. The molecule has 0 saturated heterocycles. The molecule has 3 rings (SSSR count). The molecular formula is C20H18N2O6S. The molecule has 0 unspecified atom stereocenters. The second-order valence-electron chi connectivity index (χ2n) is 6.08. The molecule has 0 spiro atoms. The van der Waals surface area contributed by atoms with E-state index in [1.807, 2.05) is 0 Å². The zero-order chi connectivity index (χ0) is 21.0. The van der Waals surface area contributed by atoms with Crippen molar-refractivity contribution >= 4 is 15.8 Å². The molecule has 0 amide bonds. The van der Waals surface area contributed by atoms with Crippen molar-refractivity contribution in [2.45, 2.75) is 16.2 Å². The molecule has 3 aromatic rings. The van der Waals surface area contributed by atoms with E-state index in [0.29, 0.717) is 16.7 Å². The van der Waals surface area contributed by atoms with E-state index in [-0.39, 0.29) is 28.0 Å². The molecule has 1 heterocycles. The normalized spacial score (nSPS) is 11.1. The third-order valence-corrected chi connectivity index (χ3v) is 5.86. The standard InChI is InChI=1S/C20H18N2O6S/c1-27-16-6-13(8-19(23)24)7-18(10-16)29(25,26)17-5-3-4-14(9-17)15-11-21-20(28-2)22-12-15/h3-7,9-12H,8H2,1-2H3,(H,23,24). The summed E-state index contributed by atoms with van der Waals surface area (Å²) in [5.74, 6) is -0.801. The second-order valence-corrected chi connectivity index (χ2v) is 8.03. The topological polar surface area (TPSA) is 116 Å². The van der Waals surface area contributed by atoms with Crippen LogP contribution in [0.25, 0.3) is 11.1 Å². The third-order valence-electron chi connectivity index (χ3n) is 4.13. The zero-order valence-corrected chi connectivity index (χ0v) is 16.5. The van der Waals surface area contributed by atoms with Crippen LogP contribution in [-0.2, 0) is 21.1 Å². The lowest BCUT2D eigenvalue weighted by molar-refractivity contribution is -0.136. The van der Waals surface area contributed by atoms with Crippen molar-refractivity contribution in [2.75, 3.05) is 14.2 Å². The highest BCUT2D eigenvalue weighted by Gasteiger charge is 2.21. The first-order valence-corrected chi connectivity index (χ1v) is 9.93. The molecule has 0 fully saturated rings. The summed E-state index contributed by atoms with van der Waals surface area (Å²) in [5.41, 5.74) is 1.57. The molecular weight excluding hydrogens is 396 g/mol. The predicted octanol–water partition coefficient (Wildman–Crippen LogP) is 2.62. The second kappa shape index (κ2) is 8.27. The van der Waals surface area contributed by atoms with Crippen LogP contribution in [0.1, 0.15) is 5.56 Å². The van der Waals surface area contributed by atoms with Crippen molar-refractivity contribution in [1.82, 2.24) is 9.97 Å². The first-order chi connectivity index (χ1) is 13.8. The van der Waals surface area contributed by atoms with Gasteiger partial charge in [-0.25, -0.2) is 18.4 Å². The molecule has 9 heteroatoms. The number of benzene rings is 2. The van der Waals surface area contributed by atoms with E-state index in [1.165, 1.54) is 56.9 Å². The smallest absolute Gasteiger partial charge is 0.316 e. The molecule has 29 heavy (non-hydrogen) atoms. The molecule has 2 aromatic carbocycles. The van der Waals surface area contributed by atoms with Gasteiger partial charge in [0.15, 0.2) is 0 Å². The maximum atomic E-state index is 13.2. The van der Waals surface area contributed by atoms with Gasteiger partial charge in [-0.1, -0.05) is 12.1 Å². The van der Waals surface area contributed by atoms with Crippen molar-refractivity contribution in [1.29, 1.82) is 0 Å². The van der Waals surface area contributed by atoms with Gasteiger partial charge >= 0.3 is 12.0 Å². The highest BCUT2D eigenvalue weighted by Crippen LogP contribution is 2.29. The van der Waals surface area contributed by atoms with Crippen molar-refractivity contribution < 1.29 is 27.8 Å². The molecule has 0 saturated carbocycles. The molecule has 0 aliphatic heterocycles. The molecule has 0 bridgehead atoms. The van der Waals surface area contributed by atoms with Crippen LogP contribution < -0.4 is 9.47 Å². The Bertz CT molecular complexity index is 1140. The van der Waals surface area contributed by atoms with Gasteiger partial charge < -0.3 is 14.6 Å².